The number of nitrogens with one attached hydrogen (secondary N) is 2. The van der Waals surface area contributed by atoms with Gasteiger partial charge in [0, 0.05) is 11.1 Å². The Kier molecular flexibility index (Phi) is 9.02. The van der Waals surface area contributed by atoms with Gasteiger partial charge in [0.1, 0.15) is 23.4 Å². The summed E-state index contributed by atoms with van der Waals surface area (Å²) in [6.07, 6.45) is 0. The van der Waals surface area contributed by atoms with Crippen LogP contribution in [0.5, 0.6) is 11.5 Å². The predicted molar refractivity (Wildman–Crippen MR) is 185 cm³/mol. The summed E-state index contributed by atoms with van der Waals surface area (Å²) in [6.45, 7) is 0. The third kappa shape index (κ3) is 5.89. The average Bonchev–Trinajstić information content (AvgIpc) is 3.79. The number of phenolic OH excluding ortho intramolecular Hbond substituents is 2. The monoisotopic (exact) mass is 675 g/mol. The molecule has 0 aromatic heterocycles. The molecule has 0 aliphatic carbocycles. The van der Waals surface area contributed by atoms with E-state index in [4.69, 9.17) is 9.47 Å². The Morgan fingerprint density at radius 1 is 0.529 bits per heavy atom. The van der Waals surface area contributed by atoms with Crippen LogP contribution in [0.15, 0.2) is 144 Å². The Morgan fingerprint density at radius 2 is 0.882 bits per heavy atom. The van der Waals surface area contributed by atoms with Gasteiger partial charge in [0.2, 0.25) is 11.8 Å². The van der Waals surface area contributed by atoms with Crippen LogP contribution in [-0.4, -0.2) is 44.1 Å². The SMILES string of the molecule is O=C([O-])C1(c2ccccc2O)NN=C(c2cccc3ccccc23)O1.O=C([O-])C1(c2ccccc2O)NN=C(c2cccc3ccccc23)O1.[Be+2]. The van der Waals surface area contributed by atoms with Gasteiger partial charge < -0.3 is 39.5 Å². The number of aromatic hydroxyl groups is 2. The van der Waals surface area contributed by atoms with Crippen LogP contribution in [0, 0.1) is 0 Å². The first kappa shape index (κ1) is 34.0. The molecule has 51 heavy (non-hydrogen) atoms. The van der Waals surface area contributed by atoms with Gasteiger partial charge in [-0.15, -0.1) is 10.2 Å². The van der Waals surface area contributed by atoms with Crippen LogP contribution in [0.4, 0.5) is 0 Å². The van der Waals surface area contributed by atoms with Crippen molar-refractivity contribution in [3.8, 4) is 11.5 Å². The Morgan fingerprint density at radius 3 is 1.27 bits per heavy atom. The van der Waals surface area contributed by atoms with E-state index >= 15 is 0 Å². The van der Waals surface area contributed by atoms with E-state index < -0.39 is 23.4 Å². The zero-order valence-electron chi connectivity index (χ0n) is 26.6. The molecular weight excluding hydrogens is 649 g/mol. The molecule has 4 N–H and O–H groups in total. The van der Waals surface area contributed by atoms with Crippen molar-refractivity contribution < 1.29 is 39.5 Å². The fourth-order valence-corrected chi connectivity index (χ4v) is 5.86. The van der Waals surface area contributed by atoms with E-state index in [0.717, 1.165) is 21.5 Å². The minimum absolute atomic E-state index is 0. The number of carbonyl (C=O) groups excluding carboxylic acids is 2. The van der Waals surface area contributed by atoms with Gasteiger partial charge in [-0.3, -0.25) is 10.9 Å². The van der Waals surface area contributed by atoms with Crippen LogP contribution in [-0.2, 0) is 30.5 Å². The molecule has 0 amide bonds. The number of carboxylic acid groups (broad SMARTS) is 2. The number of rotatable bonds is 6. The van der Waals surface area contributed by atoms with Crippen molar-refractivity contribution in [3.05, 3.63) is 156 Å². The summed E-state index contributed by atoms with van der Waals surface area (Å²) in [7, 11) is 0. The van der Waals surface area contributed by atoms with Crippen molar-refractivity contribution >= 4 is 55.4 Å². The third-order valence-electron chi connectivity index (χ3n) is 8.31. The number of carbonyl (C=O) groups is 2. The summed E-state index contributed by atoms with van der Waals surface area (Å²) >= 11 is 0. The smallest absolute Gasteiger partial charge is 0.544 e. The number of carboxylic acids is 2. The van der Waals surface area contributed by atoms with Crippen LogP contribution < -0.4 is 21.1 Å². The molecule has 0 bridgehead atoms. The van der Waals surface area contributed by atoms with Crippen LogP contribution in [0.1, 0.15) is 22.3 Å². The molecule has 0 radical (unpaired) electrons. The van der Waals surface area contributed by atoms with E-state index in [-0.39, 0.29) is 44.5 Å². The van der Waals surface area contributed by atoms with Crippen molar-refractivity contribution in [2.75, 3.05) is 0 Å². The Labute approximate surface area is 294 Å². The van der Waals surface area contributed by atoms with Gasteiger partial charge in [-0.2, -0.15) is 0 Å². The van der Waals surface area contributed by atoms with Crippen molar-refractivity contribution in [1.82, 2.24) is 10.9 Å². The number of ether oxygens (including phenoxy) is 2. The predicted octanol–water partition coefficient (Wildman–Crippen LogP) is 2.48. The number of nitrogens with zero attached hydrogens (tertiary/aromatic N) is 2. The molecule has 12 nitrogen and oxygen atoms in total. The van der Waals surface area contributed by atoms with E-state index in [1.807, 2.05) is 72.8 Å². The molecule has 6 aromatic rings. The number of hydrogen-bond donors (Lipinski definition) is 4. The summed E-state index contributed by atoms with van der Waals surface area (Å²) in [4.78, 5) is 23.7. The Hall–Kier alpha value is -6.91. The van der Waals surface area contributed by atoms with E-state index in [1.165, 1.54) is 24.3 Å². The van der Waals surface area contributed by atoms with Gasteiger partial charge in [-0.1, -0.05) is 97.1 Å². The number of benzene rings is 6. The second kappa shape index (κ2) is 13.5. The maximum absolute atomic E-state index is 11.8. The molecule has 2 aliphatic heterocycles. The largest absolute Gasteiger partial charge is 2.00 e. The minimum Gasteiger partial charge on any atom is -0.544 e. The molecule has 0 fully saturated rings. The molecule has 2 aliphatic rings. The second-order valence-electron chi connectivity index (χ2n) is 11.3. The van der Waals surface area contributed by atoms with Crippen LogP contribution >= 0.6 is 0 Å². The minimum atomic E-state index is -2.09. The third-order valence-corrected chi connectivity index (χ3v) is 8.31. The Bertz CT molecular complexity index is 2190. The number of hydrogen-bond acceptors (Lipinski definition) is 12. The molecular formula is C38H26BeN4O8. The van der Waals surface area contributed by atoms with Gasteiger partial charge in [-0.05, 0) is 57.9 Å². The molecule has 0 spiro atoms. The number of aliphatic carboxylic acids is 2. The first-order valence-electron chi connectivity index (χ1n) is 15.3. The summed E-state index contributed by atoms with van der Waals surface area (Å²) in [6, 6.07) is 38.4. The number of hydrazone groups is 2. The fourth-order valence-electron chi connectivity index (χ4n) is 5.86. The first-order valence-corrected chi connectivity index (χ1v) is 15.3. The van der Waals surface area contributed by atoms with Crippen molar-refractivity contribution in [3.63, 3.8) is 0 Å². The molecule has 8 rings (SSSR count). The van der Waals surface area contributed by atoms with Crippen molar-refractivity contribution in [2.45, 2.75) is 11.4 Å². The van der Waals surface area contributed by atoms with Crippen LogP contribution in [0.25, 0.3) is 21.5 Å². The molecule has 6 aromatic carbocycles. The molecule has 13 heteroatoms. The molecule has 2 heterocycles. The van der Waals surface area contributed by atoms with Gasteiger partial charge in [0.15, 0.2) is 0 Å². The van der Waals surface area contributed by atoms with Crippen molar-refractivity contribution in [2.24, 2.45) is 10.2 Å². The quantitative estimate of drug-likeness (QED) is 0.191. The maximum atomic E-state index is 11.8. The van der Waals surface area contributed by atoms with Crippen LogP contribution in [0.3, 0.4) is 0 Å². The van der Waals surface area contributed by atoms with Crippen molar-refractivity contribution in [1.29, 1.82) is 0 Å². The maximum Gasteiger partial charge on any atom is 2.00 e. The van der Waals surface area contributed by atoms with Gasteiger partial charge in [0.05, 0.1) is 11.1 Å². The molecule has 248 valence electrons. The van der Waals surface area contributed by atoms with Crippen LogP contribution in [0.2, 0.25) is 0 Å². The standard InChI is InChI=1S/2C19H14N2O4.Be/c2*22-16-11-4-3-10-15(16)19(18(23)24)21-20-17(25-19)14-9-5-7-12-6-1-2-8-13(12)14;/h2*1-11,21-22H,(H,23,24);/q;;+2/p-2. The second-order valence-corrected chi connectivity index (χ2v) is 11.3. The van der Waals surface area contributed by atoms with Gasteiger partial charge >= 0.3 is 10.1 Å². The van der Waals surface area contributed by atoms with E-state index in [1.54, 1.807) is 36.4 Å². The number of phenols is 2. The summed E-state index contributed by atoms with van der Waals surface area (Å²) in [5.41, 5.74) is 2.13. The zero-order valence-corrected chi connectivity index (χ0v) is 26.6. The molecule has 2 unspecified atom stereocenters. The Balaban J connectivity index is 0.000000172. The normalized spacial score (nSPS) is 18.7. The molecule has 0 saturated carbocycles. The summed E-state index contributed by atoms with van der Waals surface area (Å²) in [5.74, 6) is -3.32. The topological polar surface area (TPSA) is 188 Å². The summed E-state index contributed by atoms with van der Waals surface area (Å²) < 4.78 is 11.4. The zero-order chi connectivity index (χ0) is 34.9. The van der Waals surface area contributed by atoms with Gasteiger partial charge in [0.25, 0.3) is 11.4 Å². The van der Waals surface area contributed by atoms with E-state index in [9.17, 15) is 30.0 Å². The molecule has 0 saturated heterocycles. The van der Waals surface area contributed by atoms with Gasteiger partial charge in [-0.25, -0.2) is 0 Å². The van der Waals surface area contributed by atoms with E-state index in [2.05, 4.69) is 21.1 Å². The molecule has 2 atom stereocenters. The number of fused-ring (bicyclic) bond motifs is 2. The average molecular weight is 676 g/mol. The number of para-hydroxylation sites is 2. The fraction of sp³-hybridized carbons (Fsp3) is 0.0526. The first-order chi connectivity index (χ1) is 24.2. The van der Waals surface area contributed by atoms with E-state index in [0.29, 0.717) is 11.1 Å². The summed E-state index contributed by atoms with van der Waals surface area (Å²) in [5, 5.41) is 55.6.